The van der Waals surface area contributed by atoms with Crippen LogP contribution in [0.3, 0.4) is 0 Å². The molecule has 4 N–H and O–H groups in total. The lowest BCUT2D eigenvalue weighted by molar-refractivity contribution is -0.138. The smallest absolute Gasteiger partial charge is 0.303 e. The van der Waals surface area contributed by atoms with Crippen molar-refractivity contribution in [3.05, 3.63) is 24.3 Å². The van der Waals surface area contributed by atoms with E-state index in [9.17, 15) is 9.59 Å². The van der Waals surface area contributed by atoms with Gasteiger partial charge in [-0.3, -0.25) is 9.59 Å². The number of aliphatic carboxylic acids is 1. The van der Waals surface area contributed by atoms with Crippen molar-refractivity contribution in [2.24, 2.45) is 0 Å². The number of anilines is 1. The average Bonchev–Trinajstić information content (AvgIpc) is 2.42. The second-order valence-electron chi connectivity index (χ2n) is 4.37. The minimum atomic E-state index is -0.961. The van der Waals surface area contributed by atoms with Crippen LogP contribution in [0.2, 0.25) is 0 Å². The lowest BCUT2D eigenvalue weighted by Crippen LogP contribution is -2.25. The summed E-state index contributed by atoms with van der Waals surface area (Å²) >= 11 is 0. The molecule has 20 heavy (non-hydrogen) atoms. The zero-order valence-corrected chi connectivity index (χ0v) is 11.3. The van der Waals surface area contributed by atoms with Gasteiger partial charge in [-0.15, -0.1) is 0 Å². The monoisotopic (exact) mass is 280 g/mol. The number of nitrogens with one attached hydrogen (secondary N) is 1. The fourth-order valence-electron chi connectivity index (χ4n) is 1.52. The fraction of sp³-hybridized carbons (Fsp3) is 0.429. The minimum Gasteiger partial charge on any atom is -0.494 e. The van der Waals surface area contributed by atoms with Crippen LogP contribution in [0, 0.1) is 0 Å². The van der Waals surface area contributed by atoms with Gasteiger partial charge in [0.15, 0.2) is 0 Å². The van der Waals surface area contributed by atoms with Crippen LogP contribution in [0.25, 0.3) is 0 Å². The van der Waals surface area contributed by atoms with Crippen LogP contribution in [-0.2, 0) is 9.59 Å². The normalized spacial score (nSPS) is 10.0. The molecule has 1 aromatic carbocycles. The number of hydrogen-bond acceptors (Lipinski definition) is 4. The van der Waals surface area contributed by atoms with Gasteiger partial charge in [0.1, 0.15) is 5.75 Å². The van der Waals surface area contributed by atoms with E-state index in [1.54, 1.807) is 12.1 Å². The van der Waals surface area contributed by atoms with Crippen molar-refractivity contribution >= 4 is 17.6 Å². The van der Waals surface area contributed by atoms with Gasteiger partial charge in [0.2, 0.25) is 5.91 Å². The number of carbonyl (C=O) groups is 2. The number of hydrogen-bond donors (Lipinski definition) is 3. The number of carboxylic acids is 1. The highest BCUT2D eigenvalue weighted by Crippen LogP contribution is 2.13. The van der Waals surface area contributed by atoms with Crippen LogP contribution < -0.4 is 15.8 Å². The summed E-state index contributed by atoms with van der Waals surface area (Å²) in [6.07, 6.45) is 1.49. The zero-order chi connectivity index (χ0) is 14.8. The van der Waals surface area contributed by atoms with Gasteiger partial charge in [0.25, 0.3) is 0 Å². The lowest BCUT2D eigenvalue weighted by Gasteiger charge is -2.07. The third-order valence-corrected chi connectivity index (χ3v) is 2.61. The van der Waals surface area contributed by atoms with Crippen LogP contribution in [0.15, 0.2) is 24.3 Å². The van der Waals surface area contributed by atoms with Crippen LogP contribution in [0.1, 0.15) is 25.7 Å². The van der Waals surface area contributed by atoms with Crippen LogP contribution in [0.5, 0.6) is 5.75 Å². The quantitative estimate of drug-likeness (QED) is 0.469. The molecule has 0 fully saturated rings. The molecule has 0 saturated carbocycles. The van der Waals surface area contributed by atoms with E-state index in [0.717, 1.165) is 18.6 Å². The van der Waals surface area contributed by atoms with Crippen molar-refractivity contribution in [1.29, 1.82) is 0 Å². The van der Waals surface area contributed by atoms with E-state index < -0.39 is 5.97 Å². The first kappa shape index (κ1) is 15.8. The van der Waals surface area contributed by atoms with Crippen molar-refractivity contribution in [3.63, 3.8) is 0 Å². The number of amides is 1. The van der Waals surface area contributed by atoms with Crippen molar-refractivity contribution in [2.45, 2.75) is 25.7 Å². The summed E-state index contributed by atoms with van der Waals surface area (Å²) in [4.78, 5) is 21.5. The molecule has 0 heterocycles. The molecule has 6 nitrogen and oxygen atoms in total. The lowest BCUT2D eigenvalue weighted by atomic mass is 10.2. The largest absolute Gasteiger partial charge is 0.494 e. The second kappa shape index (κ2) is 8.79. The summed E-state index contributed by atoms with van der Waals surface area (Å²) in [7, 11) is 0. The van der Waals surface area contributed by atoms with Crippen LogP contribution >= 0.6 is 0 Å². The van der Waals surface area contributed by atoms with E-state index in [1.807, 2.05) is 12.1 Å². The predicted molar refractivity (Wildman–Crippen MR) is 75.5 cm³/mol. The number of nitrogen functional groups attached to an aromatic ring is 1. The standard InChI is InChI=1S/C14H20N2O4/c15-11-3-5-12(6-4-11)20-10-2-1-9-16-13(17)7-8-14(18)19/h3-6H,1-2,7-10,15H2,(H,16,17)(H,18,19). The molecule has 0 aliphatic rings. The minimum absolute atomic E-state index is 0.0251. The Balaban J connectivity index is 2.01. The summed E-state index contributed by atoms with van der Waals surface area (Å²) in [6.45, 7) is 1.10. The average molecular weight is 280 g/mol. The summed E-state index contributed by atoms with van der Waals surface area (Å²) < 4.78 is 5.50. The Morgan fingerprint density at radius 1 is 1.15 bits per heavy atom. The molecular formula is C14H20N2O4. The zero-order valence-electron chi connectivity index (χ0n) is 11.3. The Morgan fingerprint density at radius 3 is 2.50 bits per heavy atom. The Morgan fingerprint density at radius 2 is 1.85 bits per heavy atom. The molecule has 0 aliphatic heterocycles. The maximum atomic E-state index is 11.2. The van der Waals surface area contributed by atoms with Crippen molar-refractivity contribution in [1.82, 2.24) is 5.32 Å². The molecule has 0 bridgehead atoms. The molecule has 110 valence electrons. The molecule has 0 unspecified atom stereocenters. The second-order valence-corrected chi connectivity index (χ2v) is 4.37. The van der Waals surface area contributed by atoms with Crippen molar-refractivity contribution in [3.8, 4) is 5.75 Å². The van der Waals surface area contributed by atoms with Gasteiger partial charge in [-0.05, 0) is 37.1 Å². The van der Waals surface area contributed by atoms with Gasteiger partial charge < -0.3 is 20.9 Å². The molecule has 1 aromatic rings. The van der Waals surface area contributed by atoms with Gasteiger partial charge >= 0.3 is 5.97 Å². The topological polar surface area (TPSA) is 102 Å². The SMILES string of the molecule is Nc1ccc(OCCCCNC(=O)CCC(=O)O)cc1. The van der Waals surface area contributed by atoms with E-state index in [4.69, 9.17) is 15.6 Å². The number of benzene rings is 1. The molecule has 0 radical (unpaired) electrons. The summed E-state index contributed by atoms with van der Waals surface area (Å²) in [5.74, 6) is -0.423. The number of carboxylic acid groups (broad SMARTS) is 1. The number of nitrogens with two attached hydrogens (primary N) is 1. The number of unbranched alkanes of at least 4 members (excludes halogenated alkanes) is 1. The van der Waals surface area contributed by atoms with Gasteiger partial charge in [-0.2, -0.15) is 0 Å². The summed E-state index contributed by atoms with van der Waals surface area (Å²) in [5, 5.41) is 11.1. The highest BCUT2D eigenvalue weighted by molar-refractivity contribution is 5.80. The highest BCUT2D eigenvalue weighted by Gasteiger charge is 2.04. The van der Waals surface area contributed by atoms with Crippen LogP contribution in [-0.4, -0.2) is 30.1 Å². The van der Waals surface area contributed by atoms with Gasteiger partial charge in [-0.25, -0.2) is 0 Å². The Bertz CT molecular complexity index is 431. The number of rotatable bonds is 9. The molecule has 0 saturated heterocycles. The van der Waals surface area contributed by atoms with Crippen molar-refractivity contribution < 1.29 is 19.4 Å². The maximum Gasteiger partial charge on any atom is 0.303 e. The molecule has 0 spiro atoms. The first-order valence-corrected chi connectivity index (χ1v) is 6.55. The number of ether oxygens (including phenoxy) is 1. The van der Waals surface area contributed by atoms with Gasteiger partial charge in [0.05, 0.1) is 13.0 Å². The molecule has 0 aliphatic carbocycles. The molecule has 1 rings (SSSR count). The van der Waals surface area contributed by atoms with Crippen molar-refractivity contribution in [2.75, 3.05) is 18.9 Å². The summed E-state index contributed by atoms with van der Waals surface area (Å²) in [6, 6.07) is 7.17. The summed E-state index contributed by atoms with van der Waals surface area (Å²) in [5.41, 5.74) is 6.26. The maximum absolute atomic E-state index is 11.2. The van der Waals surface area contributed by atoms with Gasteiger partial charge in [0, 0.05) is 18.7 Å². The molecular weight excluding hydrogens is 260 g/mol. The first-order chi connectivity index (χ1) is 9.58. The first-order valence-electron chi connectivity index (χ1n) is 6.55. The van der Waals surface area contributed by atoms with Crippen LogP contribution in [0.4, 0.5) is 5.69 Å². The Labute approximate surface area is 117 Å². The van der Waals surface area contributed by atoms with E-state index in [-0.39, 0.29) is 18.7 Å². The predicted octanol–water partition coefficient (Wildman–Crippen LogP) is 1.41. The van der Waals surface area contributed by atoms with E-state index in [2.05, 4.69) is 5.32 Å². The third kappa shape index (κ3) is 7.25. The highest BCUT2D eigenvalue weighted by atomic mass is 16.5. The van der Waals surface area contributed by atoms with E-state index >= 15 is 0 Å². The Hall–Kier alpha value is -2.24. The fourth-order valence-corrected chi connectivity index (χ4v) is 1.52. The van der Waals surface area contributed by atoms with Gasteiger partial charge in [-0.1, -0.05) is 0 Å². The molecule has 0 atom stereocenters. The Kier molecular flexibility index (Phi) is 6.95. The molecule has 0 aromatic heterocycles. The van der Waals surface area contributed by atoms with E-state index in [0.29, 0.717) is 18.8 Å². The van der Waals surface area contributed by atoms with E-state index in [1.165, 1.54) is 0 Å². The number of carbonyl (C=O) groups excluding carboxylic acids is 1. The molecule has 6 heteroatoms. The molecule has 1 amide bonds. The third-order valence-electron chi connectivity index (χ3n) is 2.61.